The first-order valence-electron chi connectivity index (χ1n) is 5.99. The summed E-state index contributed by atoms with van der Waals surface area (Å²) in [7, 11) is 3.21. The van der Waals surface area contributed by atoms with Crippen LogP contribution in [0, 0.1) is 0 Å². The van der Waals surface area contributed by atoms with Gasteiger partial charge in [0.25, 0.3) is 0 Å². The van der Waals surface area contributed by atoms with E-state index in [0.717, 1.165) is 21.3 Å². The maximum Gasteiger partial charge on any atom is 0.137 e. The number of hydrogen-bond donors (Lipinski definition) is 1. The van der Waals surface area contributed by atoms with Crippen molar-refractivity contribution in [3.8, 4) is 11.5 Å². The lowest BCUT2D eigenvalue weighted by Crippen LogP contribution is -2.12. The molecule has 0 aliphatic heterocycles. The van der Waals surface area contributed by atoms with Crippen molar-refractivity contribution < 1.29 is 9.47 Å². The molecule has 5 heteroatoms. The summed E-state index contributed by atoms with van der Waals surface area (Å²) in [5, 5.41) is 0.563. The van der Waals surface area contributed by atoms with Crippen molar-refractivity contribution in [2.24, 2.45) is 5.73 Å². The zero-order valence-electron chi connectivity index (χ0n) is 11.2. The molecule has 0 heterocycles. The smallest absolute Gasteiger partial charge is 0.137 e. The van der Waals surface area contributed by atoms with Crippen molar-refractivity contribution in [3.63, 3.8) is 0 Å². The second kappa shape index (κ2) is 6.48. The van der Waals surface area contributed by atoms with Crippen LogP contribution in [0.25, 0.3) is 0 Å². The fourth-order valence-electron chi connectivity index (χ4n) is 1.94. The molecule has 2 N–H and O–H groups in total. The Balaban J connectivity index is 2.42. The Morgan fingerprint density at radius 1 is 1.10 bits per heavy atom. The first-order chi connectivity index (χ1) is 9.56. The van der Waals surface area contributed by atoms with Crippen LogP contribution in [0.3, 0.4) is 0 Å². The molecule has 0 aromatic heterocycles. The van der Waals surface area contributed by atoms with Crippen molar-refractivity contribution in [3.05, 3.63) is 57.0 Å². The largest absolute Gasteiger partial charge is 0.497 e. The van der Waals surface area contributed by atoms with Crippen molar-refractivity contribution in [1.29, 1.82) is 0 Å². The van der Waals surface area contributed by atoms with E-state index in [1.54, 1.807) is 20.3 Å². The maximum atomic E-state index is 6.33. The molecule has 0 saturated heterocycles. The summed E-state index contributed by atoms with van der Waals surface area (Å²) in [4.78, 5) is 0. The fourth-order valence-corrected chi connectivity index (χ4v) is 2.62. The van der Waals surface area contributed by atoms with Gasteiger partial charge in [-0.1, -0.05) is 33.6 Å². The van der Waals surface area contributed by atoms with E-state index in [4.69, 9.17) is 26.8 Å². The van der Waals surface area contributed by atoms with Crippen LogP contribution in [0.5, 0.6) is 11.5 Å². The van der Waals surface area contributed by atoms with Gasteiger partial charge in [-0.2, -0.15) is 0 Å². The number of methoxy groups -OCH3 is 2. The third-order valence-electron chi connectivity index (χ3n) is 3.07. The molecule has 0 amide bonds. The number of nitrogens with two attached hydrogens (primary N) is 1. The highest BCUT2D eigenvalue weighted by Gasteiger charge is 2.15. The van der Waals surface area contributed by atoms with Gasteiger partial charge in [-0.05, 0) is 41.5 Å². The van der Waals surface area contributed by atoms with Gasteiger partial charge in [0, 0.05) is 4.47 Å². The Morgan fingerprint density at radius 2 is 1.85 bits per heavy atom. The second-order valence-corrected chi connectivity index (χ2v) is 5.52. The molecule has 2 aromatic carbocycles. The van der Waals surface area contributed by atoms with Crippen molar-refractivity contribution in [2.45, 2.75) is 6.04 Å². The number of benzene rings is 2. The van der Waals surface area contributed by atoms with E-state index in [1.807, 2.05) is 30.3 Å². The van der Waals surface area contributed by atoms with Crippen LogP contribution in [-0.2, 0) is 0 Å². The molecule has 0 saturated carbocycles. The third kappa shape index (κ3) is 3.08. The van der Waals surface area contributed by atoms with Gasteiger partial charge in [0.15, 0.2) is 0 Å². The Bertz CT molecular complexity index is 619. The predicted octanol–water partition coefficient (Wildman–Crippen LogP) is 4.17. The number of ether oxygens (including phenoxy) is 2. The van der Waals surface area contributed by atoms with Crippen LogP contribution in [0.4, 0.5) is 0 Å². The van der Waals surface area contributed by atoms with Gasteiger partial charge < -0.3 is 15.2 Å². The van der Waals surface area contributed by atoms with Gasteiger partial charge in [-0.15, -0.1) is 0 Å². The zero-order valence-corrected chi connectivity index (χ0v) is 13.5. The molecular weight excluding hydrogens is 342 g/mol. The fraction of sp³-hybridized carbons (Fsp3) is 0.200. The molecular formula is C15H15BrClNO2. The molecule has 0 bridgehead atoms. The van der Waals surface area contributed by atoms with Crippen molar-refractivity contribution >= 4 is 27.5 Å². The summed E-state index contributed by atoms with van der Waals surface area (Å²) in [6.45, 7) is 0. The average molecular weight is 357 g/mol. The van der Waals surface area contributed by atoms with E-state index >= 15 is 0 Å². The van der Waals surface area contributed by atoms with Gasteiger partial charge in [-0.3, -0.25) is 0 Å². The SMILES string of the molecule is COc1ccc(Br)c(C(N)c2ccc(Cl)c(OC)c2)c1. The summed E-state index contributed by atoms with van der Waals surface area (Å²) in [5.41, 5.74) is 8.19. The summed E-state index contributed by atoms with van der Waals surface area (Å²) < 4.78 is 11.4. The van der Waals surface area contributed by atoms with E-state index in [1.165, 1.54) is 0 Å². The molecule has 2 rings (SSSR count). The van der Waals surface area contributed by atoms with E-state index in [-0.39, 0.29) is 6.04 Å². The number of halogens is 2. The third-order valence-corrected chi connectivity index (χ3v) is 4.11. The van der Waals surface area contributed by atoms with E-state index in [9.17, 15) is 0 Å². The van der Waals surface area contributed by atoms with Gasteiger partial charge in [0.1, 0.15) is 11.5 Å². The van der Waals surface area contributed by atoms with Crippen LogP contribution in [-0.4, -0.2) is 14.2 Å². The topological polar surface area (TPSA) is 44.5 Å². The average Bonchev–Trinajstić information content (AvgIpc) is 2.47. The highest BCUT2D eigenvalue weighted by molar-refractivity contribution is 9.10. The zero-order chi connectivity index (χ0) is 14.7. The highest BCUT2D eigenvalue weighted by atomic mass is 79.9. The lowest BCUT2D eigenvalue weighted by Gasteiger charge is -2.16. The molecule has 0 spiro atoms. The number of rotatable bonds is 4. The minimum atomic E-state index is -0.300. The normalized spacial score (nSPS) is 12.1. The lowest BCUT2D eigenvalue weighted by atomic mass is 9.99. The van der Waals surface area contributed by atoms with Crippen LogP contribution in [0.1, 0.15) is 17.2 Å². The van der Waals surface area contributed by atoms with E-state index in [2.05, 4.69) is 15.9 Å². The molecule has 2 aromatic rings. The number of hydrogen-bond acceptors (Lipinski definition) is 3. The van der Waals surface area contributed by atoms with Gasteiger partial charge in [0.05, 0.1) is 25.3 Å². The predicted molar refractivity (Wildman–Crippen MR) is 84.7 cm³/mol. The van der Waals surface area contributed by atoms with Crippen LogP contribution < -0.4 is 15.2 Å². The summed E-state index contributed by atoms with van der Waals surface area (Å²) in [5.74, 6) is 1.37. The van der Waals surface area contributed by atoms with Crippen molar-refractivity contribution in [2.75, 3.05) is 14.2 Å². The Hall–Kier alpha value is -1.23. The van der Waals surface area contributed by atoms with E-state index < -0.39 is 0 Å². The molecule has 1 unspecified atom stereocenters. The van der Waals surface area contributed by atoms with Crippen molar-refractivity contribution in [1.82, 2.24) is 0 Å². The molecule has 3 nitrogen and oxygen atoms in total. The Labute approximate surface area is 131 Å². The van der Waals surface area contributed by atoms with Gasteiger partial charge in [-0.25, -0.2) is 0 Å². The van der Waals surface area contributed by atoms with Gasteiger partial charge in [0.2, 0.25) is 0 Å². The molecule has 1 atom stereocenters. The quantitative estimate of drug-likeness (QED) is 0.894. The molecule has 0 radical (unpaired) electrons. The first kappa shape index (κ1) is 15.2. The van der Waals surface area contributed by atoms with Gasteiger partial charge >= 0.3 is 0 Å². The molecule has 0 aliphatic rings. The molecule has 20 heavy (non-hydrogen) atoms. The summed E-state index contributed by atoms with van der Waals surface area (Å²) in [6.07, 6.45) is 0. The first-order valence-corrected chi connectivity index (χ1v) is 7.16. The van der Waals surface area contributed by atoms with Crippen LogP contribution in [0.2, 0.25) is 5.02 Å². The Morgan fingerprint density at radius 3 is 2.50 bits per heavy atom. The summed E-state index contributed by atoms with van der Waals surface area (Å²) in [6, 6.07) is 10.9. The monoisotopic (exact) mass is 355 g/mol. The lowest BCUT2D eigenvalue weighted by molar-refractivity contribution is 0.413. The molecule has 0 fully saturated rings. The minimum absolute atomic E-state index is 0.300. The summed E-state index contributed by atoms with van der Waals surface area (Å²) >= 11 is 9.55. The minimum Gasteiger partial charge on any atom is -0.497 e. The molecule has 106 valence electrons. The standard InChI is InChI=1S/C15H15BrClNO2/c1-19-10-4-5-12(16)11(8-10)15(18)9-3-6-13(17)14(7-9)20-2/h3-8,15H,18H2,1-2H3. The highest BCUT2D eigenvalue weighted by Crippen LogP contribution is 2.33. The maximum absolute atomic E-state index is 6.33. The van der Waals surface area contributed by atoms with Crippen LogP contribution >= 0.6 is 27.5 Å². The molecule has 0 aliphatic carbocycles. The van der Waals surface area contributed by atoms with Crippen LogP contribution in [0.15, 0.2) is 40.9 Å². The Kier molecular flexibility index (Phi) is 4.91. The van der Waals surface area contributed by atoms with E-state index in [0.29, 0.717) is 10.8 Å². The second-order valence-electron chi connectivity index (χ2n) is 4.26.